The van der Waals surface area contributed by atoms with Crippen molar-refractivity contribution in [3.8, 4) is 5.06 Å². The summed E-state index contributed by atoms with van der Waals surface area (Å²) in [5.41, 5.74) is -0.241. The smallest absolute Gasteiger partial charge is 0.263 e. The first-order valence-electron chi connectivity index (χ1n) is 3.78. The molecule has 74 valence electrons. The van der Waals surface area contributed by atoms with Crippen LogP contribution in [0.25, 0.3) is 10.1 Å². The number of halogens is 3. The molecule has 0 unspecified atom stereocenters. The van der Waals surface area contributed by atoms with Crippen LogP contribution in [0.1, 0.15) is 12.0 Å². The van der Waals surface area contributed by atoms with Gasteiger partial charge in [-0.15, -0.1) is 0 Å². The Morgan fingerprint density at radius 3 is 2.64 bits per heavy atom. The lowest BCUT2D eigenvalue weighted by atomic mass is 10.2. The molecular weight excluding hydrogens is 213 g/mol. The SMILES string of the molecule is Oc1sc2ccc(C(F)F)cc2c1F. The Hall–Kier alpha value is -1.23. The fourth-order valence-electron chi connectivity index (χ4n) is 1.21. The van der Waals surface area contributed by atoms with Crippen molar-refractivity contribution in [2.24, 2.45) is 0 Å². The van der Waals surface area contributed by atoms with Crippen molar-refractivity contribution in [1.29, 1.82) is 0 Å². The lowest BCUT2D eigenvalue weighted by Gasteiger charge is -1.98. The Labute approximate surface area is 81.4 Å². The van der Waals surface area contributed by atoms with Gasteiger partial charge in [-0.05, 0) is 12.1 Å². The monoisotopic (exact) mass is 218 g/mol. The average molecular weight is 218 g/mol. The minimum atomic E-state index is -2.62. The van der Waals surface area contributed by atoms with E-state index in [2.05, 4.69) is 0 Å². The van der Waals surface area contributed by atoms with Crippen molar-refractivity contribution in [3.63, 3.8) is 0 Å². The normalized spacial score (nSPS) is 11.4. The molecule has 14 heavy (non-hydrogen) atoms. The maximum Gasteiger partial charge on any atom is 0.263 e. The van der Waals surface area contributed by atoms with Crippen LogP contribution in [0.2, 0.25) is 0 Å². The van der Waals surface area contributed by atoms with Gasteiger partial charge in [-0.1, -0.05) is 17.4 Å². The van der Waals surface area contributed by atoms with E-state index in [1.807, 2.05) is 0 Å². The Balaban J connectivity index is 2.69. The molecule has 1 aromatic heterocycles. The van der Waals surface area contributed by atoms with Crippen molar-refractivity contribution in [1.82, 2.24) is 0 Å². The summed E-state index contributed by atoms with van der Waals surface area (Å²) in [5.74, 6) is -0.826. The van der Waals surface area contributed by atoms with Crippen LogP contribution < -0.4 is 0 Å². The Kier molecular flexibility index (Phi) is 2.11. The number of alkyl halides is 2. The topological polar surface area (TPSA) is 20.2 Å². The van der Waals surface area contributed by atoms with E-state index in [0.717, 1.165) is 17.4 Å². The first kappa shape index (κ1) is 9.33. The van der Waals surface area contributed by atoms with E-state index in [4.69, 9.17) is 5.11 Å². The Bertz CT molecular complexity index is 478. The van der Waals surface area contributed by atoms with Gasteiger partial charge in [-0.3, -0.25) is 0 Å². The summed E-state index contributed by atoms with van der Waals surface area (Å²) >= 11 is 0.835. The van der Waals surface area contributed by atoms with Crippen LogP contribution >= 0.6 is 11.3 Å². The second kappa shape index (κ2) is 3.16. The second-order valence-electron chi connectivity index (χ2n) is 2.78. The first-order chi connectivity index (χ1) is 6.59. The summed E-state index contributed by atoms with van der Waals surface area (Å²) in [6, 6.07) is 3.66. The summed E-state index contributed by atoms with van der Waals surface area (Å²) in [6.07, 6.45) is -2.62. The van der Waals surface area contributed by atoms with Crippen LogP contribution in [-0.4, -0.2) is 5.11 Å². The molecule has 1 nitrogen and oxygen atoms in total. The van der Waals surface area contributed by atoms with E-state index in [9.17, 15) is 13.2 Å². The third-order valence-electron chi connectivity index (χ3n) is 1.89. The zero-order valence-corrected chi connectivity index (χ0v) is 7.62. The van der Waals surface area contributed by atoms with E-state index >= 15 is 0 Å². The van der Waals surface area contributed by atoms with Crippen LogP contribution in [0.3, 0.4) is 0 Å². The highest BCUT2D eigenvalue weighted by Crippen LogP contribution is 2.36. The standard InChI is InChI=1S/C9H5F3OS/c10-7-5-3-4(8(11)12)1-2-6(5)14-9(7)13/h1-3,8,13H. The minimum absolute atomic E-state index is 0.0466. The summed E-state index contributed by atoms with van der Waals surface area (Å²) in [5, 5.41) is 8.61. The van der Waals surface area contributed by atoms with Gasteiger partial charge in [0.05, 0.1) is 0 Å². The quantitative estimate of drug-likeness (QED) is 0.774. The molecule has 2 aromatic rings. The van der Waals surface area contributed by atoms with Crippen molar-refractivity contribution in [2.75, 3.05) is 0 Å². The van der Waals surface area contributed by atoms with Crippen molar-refractivity contribution >= 4 is 21.4 Å². The number of hydrogen-bond acceptors (Lipinski definition) is 2. The van der Waals surface area contributed by atoms with Crippen LogP contribution in [0.4, 0.5) is 13.2 Å². The first-order valence-corrected chi connectivity index (χ1v) is 4.60. The predicted octanol–water partition coefficient (Wildman–Crippen LogP) is 3.68. The zero-order chi connectivity index (χ0) is 10.3. The van der Waals surface area contributed by atoms with Gasteiger partial charge in [-0.2, -0.15) is 0 Å². The number of rotatable bonds is 1. The molecular formula is C9H5F3OS. The molecule has 1 N–H and O–H groups in total. The molecule has 0 fully saturated rings. The summed E-state index contributed by atoms with van der Waals surface area (Å²) < 4.78 is 38.1. The van der Waals surface area contributed by atoms with Crippen LogP contribution in [-0.2, 0) is 0 Å². The Morgan fingerprint density at radius 1 is 1.29 bits per heavy atom. The summed E-state index contributed by atoms with van der Waals surface area (Å²) in [4.78, 5) is 0. The largest absolute Gasteiger partial charge is 0.497 e. The van der Waals surface area contributed by atoms with Gasteiger partial charge in [0.15, 0.2) is 5.82 Å². The molecule has 5 heteroatoms. The molecule has 0 bridgehead atoms. The molecule has 0 saturated carbocycles. The molecule has 0 radical (unpaired) electrons. The lowest BCUT2D eigenvalue weighted by molar-refractivity contribution is 0.151. The molecule has 0 saturated heterocycles. The number of fused-ring (bicyclic) bond motifs is 1. The van der Waals surface area contributed by atoms with E-state index in [1.54, 1.807) is 0 Å². The van der Waals surface area contributed by atoms with Crippen molar-refractivity contribution in [3.05, 3.63) is 29.6 Å². The predicted molar refractivity (Wildman–Crippen MR) is 48.4 cm³/mol. The molecule has 0 spiro atoms. The van der Waals surface area contributed by atoms with Gasteiger partial charge in [0.2, 0.25) is 5.06 Å². The third kappa shape index (κ3) is 1.33. The van der Waals surface area contributed by atoms with Crippen molar-refractivity contribution < 1.29 is 18.3 Å². The van der Waals surface area contributed by atoms with Crippen LogP contribution in [0.15, 0.2) is 18.2 Å². The van der Waals surface area contributed by atoms with Crippen molar-refractivity contribution in [2.45, 2.75) is 6.43 Å². The molecule has 0 aliphatic carbocycles. The highest BCUT2D eigenvalue weighted by Gasteiger charge is 2.14. The molecule has 0 amide bonds. The van der Waals surface area contributed by atoms with Gasteiger partial charge < -0.3 is 5.11 Å². The van der Waals surface area contributed by atoms with Gasteiger partial charge >= 0.3 is 0 Å². The van der Waals surface area contributed by atoms with E-state index in [1.165, 1.54) is 12.1 Å². The summed E-state index contributed by atoms with van der Waals surface area (Å²) in [7, 11) is 0. The van der Waals surface area contributed by atoms with Gasteiger partial charge in [0.1, 0.15) is 0 Å². The van der Waals surface area contributed by atoms with Gasteiger partial charge in [0, 0.05) is 15.6 Å². The van der Waals surface area contributed by atoms with Gasteiger partial charge in [0.25, 0.3) is 6.43 Å². The fourth-order valence-corrected chi connectivity index (χ4v) is 2.01. The van der Waals surface area contributed by atoms with E-state index in [-0.39, 0.29) is 10.9 Å². The number of thiophene rings is 1. The summed E-state index contributed by atoms with van der Waals surface area (Å²) in [6.45, 7) is 0. The maximum atomic E-state index is 13.1. The number of benzene rings is 1. The molecule has 1 aromatic carbocycles. The molecule has 0 aliphatic rings. The average Bonchev–Trinajstić information content (AvgIpc) is 2.43. The number of aromatic hydroxyl groups is 1. The second-order valence-corrected chi connectivity index (χ2v) is 3.81. The maximum absolute atomic E-state index is 13.1. The third-order valence-corrected chi connectivity index (χ3v) is 2.83. The highest BCUT2D eigenvalue weighted by molar-refractivity contribution is 7.20. The van der Waals surface area contributed by atoms with Crippen LogP contribution in [0.5, 0.6) is 5.06 Å². The number of hydrogen-bond donors (Lipinski definition) is 1. The van der Waals surface area contributed by atoms with E-state index in [0.29, 0.717) is 4.70 Å². The Morgan fingerprint density at radius 2 is 2.00 bits per heavy atom. The highest BCUT2D eigenvalue weighted by atomic mass is 32.1. The lowest BCUT2D eigenvalue weighted by Crippen LogP contribution is -1.82. The molecule has 2 rings (SSSR count). The van der Waals surface area contributed by atoms with Crippen LogP contribution in [0, 0.1) is 5.82 Å². The fraction of sp³-hybridized carbons (Fsp3) is 0.111. The molecule has 0 atom stereocenters. The molecule has 1 heterocycles. The minimum Gasteiger partial charge on any atom is -0.497 e. The van der Waals surface area contributed by atoms with Gasteiger partial charge in [-0.25, -0.2) is 13.2 Å². The zero-order valence-electron chi connectivity index (χ0n) is 6.80. The molecule has 0 aliphatic heterocycles. The van der Waals surface area contributed by atoms with E-state index < -0.39 is 17.3 Å².